The molecule has 0 aromatic carbocycles. The second-order valence-corrected chi connectivity index (χ2v) is 6.79. The van der Waals surface area contributed by atoms with Crippen molar-refractivity contribution in [3.8, 4) is 0 Å². The smallest absolute Gasteiger partial charge is 0.128 e. The third-order valence-corrected chi connectivity index (χ3v) is 4.18. The zero-order valence-corrected chi connectivity index (χ0v) is 13.4. The number of anilines is 1. The van der Waals surface area contributed by atoms with Gasteiger partial charge in [0.2, 0.25) is 0 Å². The van der Waals surface area contributed by atoms with Crippen LogP contribution in [0.5, 0.6) is 0 Å². The lowest BCUT2D eigenvalue weighted by atomic mass is 9.95. The average molecular weight is 275 g/mol. The predicted octanol–water partition coefficient (Wildman–Crippen LogP) is 3.31. The van der Waals surface area contributed by atoms with E-state index in [2.05, 4.69) is 55.0 Å². The SMILES string of the molecule is CC(C)CNCc1ccnc(N2CCC(C(C)C)C2)c1. The number of nitrogens with one attached hydrogen (secondary N) is 1. The fourth-order valence-corrected chi connectivity index (χ4v) is 2.79. The van der Waals surface area contributed by atoms with Crippen LogP contribution >= 0.6 is 0 Å². The first kappa shape index (κ1) is 15.3. The molecular formula is C17H29N3. The van der Waals surface area contributed by atoms with E-state index in [1.807, 2.05) is 6.20 Å². The molecule has 1 N–H and O–H groups in total. The van der Waals surface area contributed by atoms with Crippen LogP contribution < -0.4 is 10.2 Å². The predicted molar refractivity (Wildman–Crippen MR) is 85.9 cm³/mol. The Morgan fingerprint density at radius 2 is 2.15 bits per heavy atom. The Balaban J connectivity index is 1.93. The molecule has 3 heteroatoms. The highest BCUT2D eigenvalue weighted by Gasteiger charge is 2.25. The molecule has 1 unspecified atom stereocenters. The number of rotatable bonds is 6. The van der Waals surface area contributed by atoms with E-state index in [0.717, 1.165) is 43.8 Å². The Bertz CT molecular complexity index is 414. The van der Waals surface area contributed by atoms with Crippen LogP contribution in [0, 0.1) is 17.8 Å². The average Bonchev–Trinajstić information content (AvgIpc) is 2.88. The summed E-state index contributed by atoms with van der Waals surface area (Å²) >= 11 is 0. The third kappa shape index (κ3) is 4.20. The van der Waals surface area contributed by atoms with Crippen LogP contribution in [0.15, 0.2) is 18.3 Å². The van der Waals surface area contributed by atoms with Crippen molar-refractivity contribution in [1.82, 2.24) is 10.3 Å². The second kappa shape index (κ2) is 7.07. The molecule has 0 radical (unpaired) electrons. The van der Waals surface area contributed by atoms with Crippen molar-refractivity contribution in [2.75, 3.05) is 24.5 Å². The van der Waals surface area contributed by atoms with Gasteiger partial charge < -0.3 is 10.2 Å². The molecule has 1 saturated heterocycles. The van der Waals surface area contributed by atoms with Crippen molar-refractivity contribution in [1.29, 1.82) is 0 Å². The largest absolute Gasteiger partial charge is 0.356 e. The summed E-state index contributed by atoms with van der Waals surface area (Å²) in [5, 5.41) is 3.50. The Morgan fingerprint density at radius 1 is 1.35 bits per heavy atom. The molecule has 1 atom stereocenters. The van der Waals surface area contributed by atoms with E-state index >= 15 is 0 Å². The molecule has 1 aromatic rings. The molecule has 1 fully saturated rings. The molecule has 1 aliphatic heterocycles. The summed E-state index contributed by atoms with van der Waals surface area (Å²) in [5.74, 6) is 3.44. The van der Waals surface area contributed by atoms with Gasteiger partial charge in [0.15, 0.2) is 0 Å². The number of hydrogen-bond acceptors (Lipinski definition) is 3. The Morgan fingerprint density at radius 3 is 2.80 bits per heavy atom. The molecule has 0 saturated carbocycles. The molecule has 0 spiro atoms. The van der Waals surface area contributed by atoms with E-state index in [-0.39, 0.29) is 0 Å². The van der Waals surface area contributed by atoms with Crippen LogP contribution in [0.3, 0.4) is 0 Å². The summed E-state index contributed by atoms with van der Waals surface area (Å²) < 4.78 is 0. The Hall–Kier alpha value is -1.09. The van der Waals surface area contributed by atoms with Gasteiger partial charge in [-0.05, 0) is 48.4 Å². The van der Waals surface area contributed by atoms with Crippen LogP contribution in [-0.4, -0.2) is 24.6 Å². The molecular weight excluding hydrogens is 246 g/mol. The zero-order chi connectivity index (χ0) is 14.5. The normalized spacial score (nSPS) is 19.3. The highest BCUT2D eigenvalue weighted by Crippen LogP contribution is 2.27. The summed E-state index contributed by atoms with van der Waals surface area (Å²) in [6.45, 7) is 13.4. The van der Waals surface area contributed by atoms with E-state index in [1.165, 1.54) is 12.0 Å². The van der Waals surface area contributed by atoms with Gasteiger partial charge in [0.25, 0.3) is 0 Å². The lowest BCUT2D eigenvalue weighted by Crippen LogP contribution is -2.23. The number of nitrogens with zero attached hydrogens (tertiary/aromatic N) is 2. The molecule has 2 rings (SSSR count). The van der Waals surface area contributed by atoms with Crippen LogP contribution in [0.4, 0.5) is 5.82 Å². The number of pyridine rings is 1. The first-order valence-electron chi connectivity index (χ1n) is 7.97. The van der Waals surface area contributed by atoms with Gasteiger partial charge in [0, 0.05) is 25.8 Å². The van der Waals surface area contributed by atoms with Crippen molar-refractivity contribution < 1.29 is 0 Å². The highest BCUT2D eigenvalue weighted by molar-refractivity contribution is 5.42. The fraction of sp³-hybridized carbons (Fsp3) is 0.706. The third-order valence-electron chi connectivity index (χ3n) is 4.18. The highest BCUT2D eigenvalue weighted by atomic mass is 15.2. The quantitative estimate of drug-likeness (QED) is 0.863. The van der Waals surface area contributed by atoms with Crippen LogP contribution in [0.2, 0.25) is 0 Å². The van der Waals surface area contributed by atoms with Crippen molar-refractivity contribution >= 4 is 5.82 Å². The molecule has 112 valence electrons. The van der Waals surface area contributed by atoms with Crippen molar-refractivity contribution in [3.63, 3.8) is 0 Å². The maximum atomic E-state index is 4.56. The molecule has 3 nitrogen and oxygen atoms in total. The first-order chi connectivity index (χ1) is 9.56. The molecule has 1 aromatic heterocycles. The van der Waals surface area contributed by atoms with Crippen LogP contribution in [0.1, 0.15) is 39.7 Å². The van der Waals surface area contributed by atoms with Gasteiger partial charge >= 0.3 is 0 Å². The maximum absolute atomic E-state index is 4.56. The van der Waals surface area contributed by atoms with Gasteiger partial charge in [-0.2, -0.15) is 0 Å². The first-order valence-corrected chi connectivity index (χ1v) is 7.97. The van der Waals surface area contributed by atoms with E-state index in [4.69, 9.17) is 0 Å². The summed E-state index contributed by atoms with van der Waals surface area (Å²) in [5.41, 5.74) is 1.34. The van der Waals surface area contributed by atoms with E-state index in [1.54, 1.807) is 0 Å². The van der Waals surface area contributed by atoms with Gasteiger partial charge in [0.05, 0.1) is 0 Å². The van der Waals surface area contributed by atoms with Crippen LogP contribution in [0.25, 0.3) is 0 Å². The van der Waals surface area contributed by atoms with Crippen LogP contribution in [-0.2, 0) is 6.54 Å². The summed E-state index contributed by atoms with van der Waals surface area (Å²) in [4.78, 5) is 7.00. The van der Waals surface area contributed by atoms with Crippen molar-refractivity contribution in [2.24, 2.45) is 17.8 Å². The molecule has 0 bridgehead atoms. The number of aromatic nitrogens is 1. The van der Waals surface area contributed by atoms with E-state index in [0.29, 0.717) is 5.92 Å². The van der Waals surface area contributed by atoms with Gasteiger partial charge in [0.1, 0.15) is 5.82 Å². The minimum Gasteiger partial charge on any atom is -0.356 e. The minimum absolute atomic E-state index is 0.696. The standard InChI is InChI=1S/C17H29N3/c1-13(2)10-18-11-15-5-7-19-17(9-15)20-8-6-16(12-20)14(3)4/h5,7,9,13-14,16,18H,6,8,10-12H2,1-4H3. The van der Waals surface area contributed by atoms with E-state index in [9.17, 15) is 0 Å². The molecule has 0 aliphatic carbocycles. The van der Waals surface area contributed by atoms with Gasteiger partial charge in [-0.25, -0.2) is 4.98 Å². The minimum atomic E-state index is 0.696. The zero-order valence-electron chi connectivity index (χ0n) is 13.4. The molecule has 0 amide bonds. The Kier molecular flexibility index (Phi) is 5.41. The fourth-order valence-electron chi connectivity index (χ4n) is 2.79. The second-order valence-electron chi connectivity index (χ2n) is 6.79. The van der Waals surface area contributed by atoms with Gasteiger partial charge in [-0.3, -0.25) is 0 Å². The monoisotopic (exact) mass is 275 g/mol. The lowest BCUT2D eigenvalue weighted by Gasteiger charge is -2.19. The molecule has 2 heterocycles. The maximum Gasteiger partial charge on any atom is 0.128 e. The summed E-state index contributed by atoms with van der Waals surface area (Å²) in [6.07, 6.45) is 3.25. The number of hydrogen-bond donors (Lipinski definition) is 1. The molecule has 1 aliphatic rings. The van der Waals surface area contributed by atoms with Crippen molar-refractivity contribution in [2.45, 2.75) is 40.7 Å². The topological polar surface area (TPSA) is 28.2 Å². The van der Waals surface area contributed by atoms with E-state index < -0.39 is 0 Å². The Labute approximate surface area is 123 Å². The van der Waals surface area contributed by atoms with Gasteiger partial charge in [-0.15, -0.1) is 0 Å². The summed E-state index contributed by atoms with van der Waals surface area (Å²) in [6, 6.07) is 4.36. The molecule has 20 heavy (non-hydrogen) atoms. The summed E-state index contributed by atoms with van der Waals surface area (Å²) in [7, 11) is 0. The van der Waals surface area contributed by atoms with Crippen molar-refractivity contribution in [3.05, 3.63) is 23.9 Å². The lowest BCUT2D eigenvalue weighted by molar-refractivity contribution is 0.422. The van der Waals surface area contributed by atoms with Gasteiger partial charge in [-0.1, -0.05) is 27.7 Å².